The minimum atomic E-state index is -0.350. The van der Waals surface area contributed by atoms with E-state index in [4.69, 9.17) is 0 Å². The van der Waals surface area contributed by atoms with Crippen molar-refractivity contribution in [3.8, 4) is 5.75 Å². The van der Waals surface area contributed by atoms with E-state index in [2.05, 4.69) is 10.4 Å². The first-order valence-corrected chi connectivity index (χ1v) is 5.32. The molecule has 0 spiro atoms. The monoisotopic (exact) mass is 235 g/mol. The van der Waals surface area contributed by atoms with E-state index in [1.807, 2.05) is 19.3 Å². The van der Waals surface area contributed by atoms with E-state index in [1.54, 1.807) is 4.68 Å². The zero-order valence-electron chi connectivity index (χ0n) is 9.52. The van der Waals surface area contributed by atoms with Gasteiger partial charge in [-0.15, -0.1) is 0 Å². The van der Waals surface area contributed by atoms with Crippen molar-refractivity contribution in [2.45, 2.75) is 13.1 Å². The summed E-state index contributed by atoms with van der Waals surface area (Å²) < 4.78 is 14.7. The molecule has 0 amide bonds. The summed E-state index contributed by atoms with van der Waals surface area (Å²) >= 11 is 0. The molecule has 0 fully saturated rings. The van der Waals surface area contributed by atoms with E-state index < -0.39 is 0 Å². The van der Waals surface area contributed by atoms with Gasteiger partial charge in [0.05, 0.1) is 5.69 Å². The van der Waals surface area contributed by atoms with Gasteiger partial charge < -0.3 is 10.4 Å². The molecule has 1 heterocycles. The summed E-state index contributed by atoms with van der Waals surface area (Å²) in [5, 5.41) is 16.8. The molecule has 0 bridgehead atoms. The minimum absolute atomic E-state index is 0.0971. The van der Waals surface area contributed by atoms with Crippen LogP contribution in [0.25, 0.3) is 0 Å². The van der Waals surface area contributed by atoms with Crippen LogP contribution in [0.15, 0.2) is 30.5 Å². The van der Waals surface area contributed by atoms with Crippen LogP contribution in [-0.2, 0) is 20.1 Å². The minimum Gasteiger partial charge on any atom is -0.508 e. The van der Waals surface area contributed by atoms with Gasteiger partial charge in [-0.2, -0.15) is 5.10 Å². The molecular formula is C12H14FN3O. The molecule has 2 N–H and O–H groups in total. The number of benzene rings is 1. The highest BCUT2D eigenvalue weighted by atomic mass is 19.1. The Bertz CT molecular complexity index is 510. The number of aryl methyl sites for hydroxylation is 1. The van der Waals surface area contributed by atoms with Crippen LogP contribution >= 0.6 is 0 Å². The second-order valence-corrected chi connectivity index (χ2v) is 3.86. The lowest BCUT2D eigenvalue weighted by Crippen LogP contribution is -2.13. The molecule has 0 aliphatic rings. The second-order valence-electron chi connectivity index (χ2n) is 3.86. The Morgan fingerprint density at radius 3 is 2.88 bits per heavy atom. The van der Waals surface area contributed by atoms with Crippen molar-refractivity contribution >= 4 is 0 Å². The molecule has 0 radical (unpaired) electrons. The number of nitrogens with one attached hydrogen (secondary N) is 1. The van der Waals surface area contributed by atoms with Crippen LogP contribution in [0.1, 0.15) is 11.3 Å². The van der Waals surface area contributed by atoms with Gasteiger partial charge in [0.15, 0.2) is 0 Å². The molecule has 1 aromatic carbocycles. The number of aromatic hydroxyl groups is 1. The average Bonchev–Trinajstić information content (AvgIpc) is 2.69. The van der Waals surface area contributed by atoms with Gasteiger partial charge in [0, 0.05) is 31.9 Å². The van der Waals surface area contributed by atoms with Gasteiger partial charge in [0.25, 0.3) is 0 Å². The Balaban J connectivity index is 1.91. The third-order valence-corrected chi connectivity index (χ3v) is 2.43. The first-order chi connectivity index (χ1) is 8.15. The molecule has 4 nitrogen and oxygen atoms in total. The maximum Gasteiger partial charge on any atom is 0.123 e. The summed E-state index contributed by atoms with van der Waals surface area (Å²) in [4.78, 5) is 0. The third-order valence-electron chi connectivity index (χ3n) is 2.43. The number of hydrogen-bond acceptors (Lipinski definition) is 3. The molecule has 90 valence electrons. The van der Waals surface area contributed by atoms with Gasteiger partial charge in [-0.25, -0.2) is 4.39 Å². The molecule has 0 saturated carbocycles. The third kappa shape index (κ3) is 3.04. The number of aromatic nitrogens is 2. The van der Waals surface area contributed by atoms with Gasteiger partial charge in [-0.1, -0.05) is 0 Å². The highest BCUT2D eigenvalue weighted by molar-refractivity contribution is 5.32. The summed E-state index contributed by atoms with van der Waals surface area (Å²) in [5.41, 5.74) is 1.45. The molecule has 0 aliphatic carbocycles. The number of rotatable bonds is 4. The zero-order valence-corrected chi connectivity index (χ0v) is 9.52. The average molecular weight is 235 g/mol. The Labute approximate surface area is 98.7 Å². The lowest BCUT2D eigenvalue weighted by atomic mass is 10.2. The fourth-order valence-electron chi connectivity index (χ4n) is 1.58. The van der Waals surface area contributed by atoms with Crippen LogP contribution in [0, 0.1) is 5.82 Å². The van der Waals surface area contributed by atoms with Crippen LogP contribution in [0.4, 0.5) is 4.39 Å². The molecule has 0 unspecified atom stereocenters. The normalized spacial score (nSPS) is 10.7. The quantitative estimate of drug-likeness (QED) is 0.845. The van der Waals surface area contributed by atoms with Gasteiger partial charge in [0.1, 0.15) is 11.6 Å². The maximum atomic E-state index is 12.9. The molecule has 17 heavy (non-hydrogen) atoms. The predicted molar refractivity (Wildman–Crippen MR) is 61.8 cm³/mol. The van der Waals surface area contributed by atoms with Gasteiger partial charge in [-0.05, 0) is 24.3 Å². The van der Waals surface area contributed by atoms with Crippen molar-refractivity contribution in [3.05, 3.63) is 47.5 Å². The van der Waals surface area contributed by atoms with E-state index in [-0.39, 0.29) is 11.6 Å². The van der Waals surface area contributed by atoms with Crippen molar-refractivity contribution < 1.29 is 9.50 Å². The topological polar surface area (TPSA) is 50.1 Å². The second kappa shape index (κ2) is 4.97. The van der Waals surface area contributed by atoms with E-state index in [9.17, 15) is 9.50 Å². The standard InChI is InChI=1S/C12H14FN3O/c1-16-5-4-11(15-16)8-14-7-9-6-10(13)2-3-12(9)17/h2-6,14,17H,7-8H2,1H3. The molecule has 1 aromatic heterocycles. The van der Waals surface area contributed by atoms with Gasteiger partial charge in [0.2, 0.25) is 0 Å². The Hall–Kier alpha value is -1.88. The van der Waals surface area contributed by atoms with E-state index >= 15 is 0 Å². The largest absolute Gasteiger partial charge is 0.508 e. The molecule has 5 heteroatoms. The molecular weight excluding hydrogens is 221 g/mol. The number of nitrogens with zero attached hydrogens (tertiary/aromatic N) is 2. The van der Waals surface area contributed by atoms with Crippen molar-refractivity contribution in [1.82, 2.24) is 15.1 Å². The zero-order chi connectivity index (χ0) is 12.3. The molecule has 2 aromatic rings. The fourth-order valence-corrected chi connectivity index (χ4v) is 1.58. The first kappa shape index (κ1) is 11.6. The van der Waals surface area contributed by atoms with Crippen molar-refractivity contribution in [3.63, 3.8) is 0 Å². The summed E-state index contributed by atoms with van der Waals surface area (Å²) in [6, 6.07) is 5.81. The van der Waals surface area contributed by atoms with Crippen molar-refractivity contribution in [2.75, 3.05) is 0 Å². The highest BCUT2D eigenvalue weighted by Gasteiger charge is 2.03. The van der Waals surface area contributed by atoms with Crippen LogP contribution in [0.3, 0.4) is 0 Å². The first-order valence-electron chi connectivity index (χ1n) is 5.32. The lowest BCUT2D eigenvalue weighted by Gasteiger charge is -2.05. The summed E-state index contributed by atoms with van der Waals surface area (Å²) in [6.07, 6.45) is 1.86. The molecule has 0 aliphatic heterocycles. The molecule has 0 saturated heterocycles. The predicted octanol–water partition coefficient (Wildman–Crippen LogP) is 1.55. The summed E-state index contributed by atoms with van der Waals surface area (Å²) in [6.45, 7) is 0.983. The molecule has 2 rings (SSSR count). The highest BCUT2D eigenvalue weighted by Crippen LogP contribution is 2.17. The van der Waals surface area contributed by atoms with Crippen molar-refractivity contribution in [1.29, 1.82) is 0 Å². The van der Waals surface area contributed by atoms with Crippen LogP contribution in [0.5, 0.6) is 5.75 Å². The van der Waals surface area contributed by atoms with Crippen LogP contribution in [0.2, 0.25) is 0 Å². The fraction of sp³-hybridized carbons (Fsp3) is 0.250. The van der Waals surface area contributed by atoms with Crippen LogP contribution < -0.4 is 5.32 Å². The van der Waals surface area contributed by atoms with E-state index in [1.165, 1.54) is 18.2 Å². The summed E-state index contributed by atoms with van der Waals surface area (Å²) in [5.74, 6) is -0.252. The van der Waals surface area contributed by atoms with E-state index in [0.717, 1.165) is 5.69 Å². The van der Waals surface area contributed by atoms with Crippen molar-refractivity contribution in [2.24, 2.45) is 7.05 Å². The Kier molecular flexibility index (Phi) is 3.39. The Morgan fingerprint density at radius 2 is 2.18 bits per heavy atom. The van der Waals surface area contributed by atoms with E-state index in [0.29, 0.717) is 18.7 Å². The number of phenols is 1. The lowest BCUT2D eigenvalue weighted by molar-refractivity contribution is 0.461. The van der Waals surface area contributed by atoms with Gasteiger partial charge in [-0.3, -0.25) is 4.68 Å². The molecule has 0 atom stereocenters. The SMILES string of the molecule is Cn1ccc(CNCc2cc(F)ccc2O)n1. The number of halogens is 1. The Morgan fingerprint density at radius 1 is 1.35 bits per heavy atom. The summed E-state index contributed by atoms with van der Waals surface area (Å²) in [7, 11) is 1.85. The maximum absolute atomic E-state index is 12.9. The number of hydrogen-bond donors (Lipinski definition) is 2. The van der Waals surface area contributed by atoms with Gasteiger partial charge >= 0.3 is 0 Å². The van der Waals surface area contributed by atoms with Crippen LogP contribution in [-0.4, -0.2) is 14.9 Å². The smallest absolute Gasteiger partial charge is 0.123 e. The number of phenolic OH excluding ortho intramolecular Hbond substituents is 1.